The summed E-state index contributed by atoms with van der Waals surface area (Å²) in [6, 6.07) is 9.18. The van der Waals surface area contributed by atoms with Crippen LogP contribution in [0.25, 0.3) is 0 Å². The molecule has 1 aliphatic heterocycles. The number of fused-ring (bicyclic) bond motifs is 1. The van der Waals surface area contributed by atoms with Crippen molar-refractivity contribution in [3.63, 3.8) is 0 Å². The van der Waals surface area contributed by atoms with Crippen LogP contribution >= 0.6 is 11.3 Å². The summed E-state index contributed by atoms with van der Waals surface area (Å²) >= 11 is 1.03. The summed E-state index contributed by atoms with van der Waals surface area (Å²) in [4.78, 5) is 48.8. The number of amides is 2. The quantitative estimate of drug-likeness (QED) is 0.511. The molecule has 2 aromatic rings. The highest BCUT2D eigenvalue weighted by atomic mass is 32.1. The van der Waals surface area contributed by atoms with Gasteiger partial charge in [0.2, 0.25) is 5.91 Å². The highest BCUT2D eigenvalue weighted by Crippen LogP contribution is 2.40. The highest BCUT2D eigenvalue weighted by Gasteiger charge is 2.32. The molecule has 0 saturated heterocycles. The lowest BCUT2D eigenvalue weighted by atomic mass is 9.98. The van der Waals surface area contributed by atoms with Crippen molar-refractivity contribution >= 4 is 40.1 Å². The van der Waals surface area contributed by atoms with E-state index in [1.165, 1.54) is 6.92 Å². The van der Waals surface area contributed by atoms with Crippen molar-refractivity contribution < 1.29 is 29.4 Å². The van der Waals surface area contributed by atoms with E-state index in [1.54, 1.807) is 4.90 Å². The second-order valence-electron chi connectivity index (χ2n) is 6.86. The molecule has 1 atom stereocenters. The van der Waals surface area contributed by atoms with Crippen LogP contribution in [0, 0.1) is 0 Å². The number of carboxylic acids is 2. The molecule has 1 aromatic heterocycles. The van der Waals surface area contributed by atoms with Gasteiger partial charge in [-0.15, -0.1) is 11.3 Å². The number of hydrogen-bond acceptors (Lipinski definition) is 6. The van der Waals surface area contributed by atoms with Crippen LogP contribution in [0.15, 0.2) is 30.3 Å². The molecular formula is C20H21N3O6S. The Morgan fingerprint density at radius 3 is 2.50 bits per heavy atom. The van der Waals surface area contributed by atoms with Crippen molar-refractivity contribution in [2.45, 2.75) is 25.9 Å². The minimum absolute atomic E-state index is 0.00830. The van der Waals surface area contributed by atoms with Gasteiger partial charge in [0.1, 0.15) is 5.00 Å². The van der Waals surface area contributed by atoms with E-state index in [2.05, 4.69) is 10.6 Å². The number of nitrogens with one attached hydrogen (secondary N) is 2. The first kappa shape index (κ1) is 21.5. The molecule has 3 rings (SSSR count). The number of carboxylic acid groups (broad SMARTS) is 2. The van der Waals surface area contributed by atoms with Gasteiger partial charge >= 0.3 is 17.8 Å². The second kappa shape index (κ2) is 9.06. The van der Waals surface area contributed by atoms with Gasteiger partial charge in [-0.05, 0) is 24.1 Å². The van der Waals surface area contributed by atoms with E-state index >= 15 is 0 Å². The maximum absolute atomic E-state index is 12.2. The molecule has 0 unspecified atom stereocenters. The van der Waals surface area contributed by atoms with Gasteiger partial charge in [-0.25, -0.2) is 9.59 Å². The number of benzene rings is 1. The molecule has 2 amide bonds. The Labute approximate surface area is 176 Å². The van der Waals surface area contributed by atoms with Gasteiger partial charge in [0, 0.05) is 24.9 Å². The molecule has 0 saturated carbocycles. The fraction of sp³-hybridized carbons (Fsp3) is 0.300. The van der Waals surface area contributed by atoms with Crippen molar-refractivity contribution in [2.24, 2.45) is 0 Å². The SMILES string of the molecule is CC(=O)N(Cc1ccccc1)C[C@@H]1NCCc2c1sc(NC(=O)C(=O)O)c2C(=O)O. The molecule has 10 heteroatoms. The van der Waals surface area contributed by atoms with Crippen molar-refractivity contribution in [1.82, 2.24) is 10.2 Å². The minimum atomic E-state index is -1.70. The lowest BCUT2D eigenvalue weighted by molar-refractivity contribution is -0.147. The van der Waals surface area contributed by atoms with Crippen LogP contribution in [-0.2, 0) is 27.3 Å². The van der Waals surface area contributed by atoms with Crippen molar-refractivity contribution in [1.29, 1.82) is 0 Å². The Morgan fingerprint density at radius 1 is 1.20 bits per heavy atom. The maximum atomic E-state index is 12.2. The monoisotopic (exact) mass is 431 g/mol. The number of carbonyl (C=O) groups excluding carboxylic acids is 2. The van der Waals surface area contributed by atoms with Crippen LogP contribution in [0.4, 0.5) is 5.00 Å². The normalized spacial score (nSPS) is 15.2. The van der Waals surface area contributed by atoms with Gasteiger partial charge in [0.25, 0.3) is 0 Å². The van der Waals surface area contributed by atoms with Crippen LogP contribution < -0.4 is 10.6 Å². The summed E-state index contributed by atoms with van der Waals surface area (Å²) in [5.74, 6) is -4.35. The van der Waals surface area contributed by atoms with Crippen LogP contribution in [-0.4, -0.2) is 52.0 Å². The summed E-state index contributed by atoms with van der Waals surface area (Å²) in [6.45, 7) is 2.69. The van der Waals surface area contributed by atoms with Crippen molar-refractivity contribution in [2.75, 3.05) is 18.4 Å². The largest absolute Gasteiger partial charge is 0.478 e. The molecule has 0 bridgehead atoms. The Kier molecular flexibility index (Phi) is 6.48. The summed E-state index contributed by atoms with van der Waals surface area (Å²) in [7, 11) is 0. The smallest absolute Gasteiger partial charge is 0.394 e. The fourth-order valence-corrected chi connectivity index (χ4v) is 4.73. The highest BCUT2D eigenvalue weighted by molar-refractivity contribution is 7.17. The van der Waals surface area contributed by atoms with Crippen LogP contribution in [0.2, 0.25) is 0 Å². The van der Waals surface area contributed by atoms with Crippen molar-refractivity contribution in [3.8, 4) is 0 Å². The fourth-order valence-electron chi connectivity index (χ4n) is 3.42. The maximum Gasteiger partial charge on any atom is 0.394 e. The number of nitrogens with zero attached hydrogens (tertiary/aromatic N) is 1. The molecule has 30 heavy (non-hydrogen) atoms. The average molecular weight is 431 g/mol. The van der Waals surface area contributed by atoms with Gasteiger partial charge in [-0.2, -0.15) is 0 Å². The molecular weight excluding hydrogens is 410 g/mol. The summed E-state index contributed by atoms with van der Waals surface area (Å²) in [5, 5.41) is 23.9. The van der Waals surface area contributed by atoms with Gasteiger partial charge < -0.3 is 25.7 Å². The minimum Gasteiger partial charge on any atom is -0.478 e. The lowest BCUT2D eigenvalue weighted by Crippen LogP contribution is -2.40. The van der Waals surface area contributed by atoms with E-state index in [0.29, 0.717) is 36.5 Å². The van der Waals surface area contributed by atoms with Gasteiger partial charge in [0.05, 0.1) is 11.6 Å². The number of carbonyl (C=O) groups is 4. The van der Waals surface area contributed by atoms with Crippen LogP contribution in [0.5, 0.6) is 0 Å². The Morgan fingerprint density at radius 2 is 1.90 bits per heavy atom. The number of anilines is 1. The third-order valence-corrected chi connectivity index (χ3v) is 6.08. The second-order valence-corrected chi connectivity index (χ2v) is 7.91. The third kappa shape index (κ3) is 4.66. The van der Waals surface area contributed by atoms with Gasteiger partial charge in [0.15, 0.2) is 0 Å². The molecule has 1 aliphatic rings. The zero-order valence-corrected chi connectivity index (χ0v) is 17.0. The summed E-state index contributed by atoms with van der Waals surface area (Å²) in [6.07, 6.45) is 0.422. The topological polar surface area (TPSA) is 136 Å². The van der Waals surface area contributed by atoms with E-state index in [0.717, 1.165) is 16.9 Å². The number of aliphatic carboxylic acids is 1. The summed E-state index contributed by atoms with van der Waals surface area (Å²) in [5.41, 5.74) is 1.43. The van der Waals surface area contributed by atoms with Crippen LogP contribution in [0.3, 0.4) is 0 Å². The summed E-state index contributed by atoms with van der Waals surface area (Å²) < 4.78 is 0. The van der Waals surface area contributed by atoms with E-state index < -0.39 is 17.8 Å². The first-order chi connectivity index (χ1) is 14.3. The predicted molar refractivity (Wildman–Crippen MR) is 110 cm³/mol. The number of aromatic carboxylic acids is 1. The van der Waals surface area contributed by atoms with Gasteiger partial charge in [-0.1, -0.05) is 30.3 Å². The van der Waals surface area contributed by atoms with E-state index in [9.17, 15) is 24.3 Å². The first-order valence-corrected chi connectivity index (χ1v) is 10.1. The molecule has 158 valence electrons. The Hall–Kier alpha value is -3.24. The third-order valence-electron chi connectivity index (χ3n) is 4.82. The molecule has 0 aliphatic carbocycles. The first-order valence-electron chi connectivity index (χ1n) is 9.23. The molecule has 1 aromatic carbocycles. The molecule has 9 nitrogen and oxygen atoms in total. The molecule has 0 fully saturated rings. The predicted octanol–water partition coefficient (Wildman–Crippen LogP) is 1.70. The van der Waals surface area contributed by atoms with Crippen molar-refractivity contribution in [3.05, 3.63) is 51.9 Å². The van der Waals surface area contributed by atoms with Gasteiger partial charge in [-0.3, -0.25) is 9.59 Å². The molecule has 0 radical (unpaired) electrons. The lowest BCUT2D eigenvalue weighted by Gasteiger charge is -2.30. The van der Waals surface area contributed by atoms with E-state index in [1.807, 2.05) is 30.3 Å². The zero-order chi connectivity index (χ0) is 21.8. The Bertz CT molecular complexity index is 988. The number of thiophene rings is 1. The molecule has 4 N–H and O–H groups in total. The standard InChI is InChI=1S/C20H21N3O6S/c1-11(24)23(9-12-5-3-2-4-6-12)10-14-16-13(7-8-21-14)15(19(26)27)18(30-16)22-17(25)20(28)29/h2-6,14,21H,7-10H2,1H3,(H,22,25)(H,26,27)(H,28,29)/t14-/m0/s1. The molecule has 0 spiro atoms. The number of rotatable bonds is 6. The van der Waals surface area contributed by atoms with Crippen LogP contribution in [0.1, 0.15) is 39.3 Å². The van der Waals surface area contributed by atoms with E-state index in [-0.39, 0.29) is 22.5 Å². The zero-order valence-electron chi connectivity index (χ0n) is 16.2. The van der Waals surface area contributed by atoms with E-state index in [4.69, 9.17) is 5.11 Å². The average Bonchev–Trinajstić information content (AvgIpc) is 3.07. The molecule has 2 heterocycles. The number of hydrogen-bond donors (Lipinski definition) is 4. The Balaban J connectivity index is 1.90.